The van der Waals surface area contributed by atoms with E-state index in [1.54, 1.807) is 6.92 Å². The van der Waals surface area contributed by atoms with Crippen molar-refractivity contribution in [3.05, 3.63) is 119 Å². The summed E-state index contributed by atoms with van der Waals surface area (Å²) in [7, 11) is 0. The van der Waals surface area contributed by atoms with E-state index in [-0.39, 0.29) is 24.7 Å². The maximum atomic E-state index is 13.4. The van der Waals surface area contributed by atoms with E-state index in [2.05, 4.69) is 5.32 Å². The maximum absolute atomic E-state index is 13.4. The number of carbonyl (C=O) groups is 2. The summed E-state index contributed by atoms with van der Waals surface area (Å²) in [4.78, 5) is 26.5. The second kappa shape index (κ2) is 10.8. The first kappa shape index (κ1) is 25.1. The van der Waals surface area contributed by atoms with Gasteiger partial charge in [0.2, 0.25) is 5.88 Å². The lowest BCUT2D eigenvalue weighted by Crippen LogP contribution is -2.36. The summed E-state index contributed by atoms with van der Waals surface area (Å²) in [5.74, 6) is -0.297. The number of esters is 1. The van der Waals surface area contributed by atoms with Gasteiger partial charge < -0.3 is 14.2 Å². The molecule has 1 aliphatic rings. The molecule has 0 bridgehead atoms. The monoisotopic (exact) mass is 507 g/mol. The molecule has 1 N–H and O–H groups in total. The van der Waals surface area contributed by atoms with Crippen LogP contribution in [0.1, 0.15) is 35.1 Å². The van der Waals surface area contributed by atoms with Crippen LogP contribution in [0.5, 0.6) is 11.5 Å². The molecule has 1 atom stereocenters. The number of aryl methyl sites for hydroxylation is 2. The largest absolute Gasteiger partial charge is 0.484 e. The molecule has 0 aliphatic carbocycles. The molecule has 5 rings (SSSR count). The van der Waals surface area contributed by atoms with Gasteiger partial charge in [0.25, 0.3) is 5.91 Å². The van der Waals surface area contributed by atoms with E-state index >= 15 is 0 Å². The predicted octanol–water partition coefficient (Wildman–Crippen LogP) is 5.95. The molecule has 1 unspecified atom stereocenters. The second-order valence-electron chi connectivity index (χ2n) is 9.27. The summed E-state index contributed by atoms with van der Waals surface area (Å²) in [6.07, 6.45) is 0. The summed E-state index contributed by atoms with van der Waals surface area (Å²) in [5, 5.41) is 4.77. The highest BCUT2D eigenvalue weighted by Gasteiger charge is 2.38. The molecule has 4 aromatic rings. The Balaban J connectivity index is 1.57. The molecule has 1 heterocycles. The second-order valence-corrected chi connectivity index (χ2v) is 9.27. The van der Waals surface area contributed by atoms with Crippen molar-refractivity contribution < 1.29 is 23.8 Å². The summed E-state index contributed by atoms with van der Waals surface area (Å²) in [6, 6.07) is 27.3. The van der Waals surface area contributed by atoms with Crippen LogP contribution in [0, 0.1) is 13.8 Å². The Morgan fingerprint density at radius 2 is 1.61 bits per heavy atom. The average Bonchev–Trinajstić information content (AvgIpc) is 2.91. The van der Waals surface area contributed by atoms with Crippen LogP contribution in [0.25, 0.3) is 10.8 Å². The lowest BCUT2D eigenvalue weighted by Gasteiger charge is -2.31. The quantitative estimate of drug-likeness (QED) is 0.313. The third-order valence-electron chi connectivity index (χ3n) is 6.41. The molecule has 0 radical (unpaired) electrons. The SMILES string of the molecule is CCOC(=O)C1=C(NC(=O)COc2cc(C)cc(C)c2)Oc2ccc3ccccc3c2C1c1ccccc1. The zero-order chi connectivity index (χ0) is 26.6. The Morgan fingerprint density at radius 3 is 2.34 bits per heavy atom. The van der Waals surface area contributed by atoms with E-state index in [1.165, 1.54) is 0 Å². The number of rotatable bonds is 7. The fourth-order valence-electron chi connectivity index (χ4n) is 4.92. The minimum absolute atomic E-state index is 0.0501. The van der Waals surface area contributed by atoms with Crippen molar-refractivity contribution in [3.63, 3.8) is 0 Å². The number of carbonyl (C=O) groups excluding carboxylic acids is 2. The van der Waals surface area contributed by atoms with Crippen molar-refractivity contribution in [1.29, 1.82) is 0 Å². The van der Waals surface area contributed by atoms with Crippen LogP contribution >= 0.6 is 0 Å². The number of hydrogen-bond donors (Lipinski definition) is 1. The molecule has 0 saturated carbocycles. The van der Waals surface area contributed by atoms with E-state index in [1.807, 2.05) is 98.8 Å². The number of ether oxygens (including phenoxy) is 3. The van der Waals surface area contributed by atoms with Crippen LogP contribution in [-0.2, 0) is 14.3 Å². The molecule has 6 heteroatoms. The average molecular weight is 508 g/mol. The summed E-state index contributed by atoms with van der Waals surface area (Å²) < 4.78 is 17.4. The number of benzene rings is 4. The Labute approximate surface area is 221 Å². The standard InChI is InChI=1S/C32H29NO5/c1-4-36-32(35)30-28(23-11-6-5-7-12-23)29-25-13-9-8-10-22(25)14-15-26(29)38-31(30)33-27(34)19-37-24-17-20(2)16-21(3)18-24/h5-18,28H,4,19H2,1-3H3,(H,33,34). The fraction of sp³-hybridized carbons (Fsp3) is 0.188. The Kier molecular flexibility index (Phi) is 7.13. The highest BCUT2D eigenvalue weighted by molar-refractivity contribution is 5.97. The molecule has 6 nitrogen and oxygen atoms in total. The molecule has 0 fully saturated rings. The Morgan fingerprint density at radius 1 is 0.895 bits per heavy atom. The third-order valence-corrected chi connectivity index (χ3v) is 6.41. The van der Waals surface area contributed by atoms with Gasteiger partial charge in [-0.05, 0) is 66.4 Å². The van der Waals surface area contributed by atoms with Crippen molar-refractivity contribution in [1.82, 2.24) is 5.32 Å². The molecule has 38 heavy (non-hydrogen) atoms. The van der Waals surface area contributed by atoms with Gasteiger partial charge in [-0.2, -0.15) is 0 Å². The van der Waals surface area contributed by atoms with E-state index in [0.717, 1.165) is 33.0 Å². The predicted molar refractivity (Wildman–Crippen MR) is 146 cm³/mol. The first-order valence-corrected chi connectivity index (χ1v) is 12.6. The fourth-order valence-corrected chi connectivity index (χ4v) is 4.92. The van der Waals surface area contributed by atoms with Gasteiger partial charge in [0.15, 0.2) is 6.61 Å². The van der Waals surface area contributed by atoms with Crippen LogP contribution in [0.4, 0.5) is 0 Å². The number of amides is 1. The summed E-state index contributed by atoms with van der Waals surface area (Å²) >= 11 is 0. The van der Waals surface area contributed by atoms with Crippen molar-refractivity contribution in [2.75, 3.05) is 13.2 Å². The van der Waals surface area contributed by atoms with Crippen LogP contribution in [0.15, 0.2) is 96.4 Å². The van der Waals surface area contributed by atoms with Gasteiger partial charge in [-0.15, -0.1) is 0 Å². The van der Waals surface area contributed by atoms with Gasteiger partial charge in [0, 0.05) is 5.56 Å². The smallest absolute Gasteiger partial charge is 0.340 e. The van der Waals surface area contributed by atoms with Gasteiger partial charge in [-0.3, -0.25) is 10.1 Å². The van der Waals surface area contributed by atoms with Gasteiger partial charge in [0.1, 0.15) is 17.1 Å². The van der Waals surface area contributed by atoms with Crippen LogP contribution in [-0.4, -0.2) is 25.1 Å². The van der Waals surface area contributed by atoms with E-state index in [4.69, 9.17) is 14.2 Å². The highest BCUT2D eigenvalue weighted by Crippen LogP contribution is 2.46. The van der Waals surface area contributed by atoms with Gasteiger partial charge in [0.05, 0.1) is 12.5 Å². The molecule has 4 aromatic carbocycles. The highest BCUT2D eigenvalue weighted by atomic mass is 16.5. The maximum Gasteiger partial charge on any atom is 0.340 e. The molecule has 1 aliphatic heterocycles. The molecule has 0 aromatic heterocycles. The van der Waals surface area contributed by atoms with Crippen molar-refractivity contribution in [2.45, 2.75) is 26.7 Å². The first-order valence-electron chi connectivity index (χ1n) is 12.6. The third kappa shape index (κ3) is 5.11. The minimum atomic E-state index is -0.550. The van der Waals surface area contributed by atoms with E-state index < -0.39 is 17.8 Å². The normalized spacial score (nSPS) is 14.4. The molecular weight excluding hydrogens is 478 g/mol. The summed E-state index contributed by atoms with van der Waals surface area (Å²) in [5.41, 5.74) is 4.05. The minimum Gasteiger partial charge on any atom is -0.484 e. The summed E-state index contributed by atoms with van der Waals surface area (Å²) in [6.45, 7) is 5.63. The Bertz CT molecular complexity index is 1520. The lowest BCUT2D eigenvalue weighted by atomic mass is 9.80. The van der Waals surface area contributed by atoms with E-state index in [9.17, 15) is 9.59 Å². The number of nitrogens with one attached hydrogen (secondary N) is 1. The zero-order valence-corrected chi connectivity index (χ0v) is 21.6. The van der Waals surface area contributed by atoms with Crippen molar-refractivity contribution in [2.24, 2.45) is 0 Å². The van der Waals surface area contributed by atoms with Crippen molar-refractivity contribution in [3.8, 4) is 11.5 Å². The topological polar surface area (TPSA) is 73.9 Å². The lowest BCUT2D eigenvalue weighted by molar-refractivity contribution is -0.139. The number of hydrogen-bond acceptors (Lipinski definition) is 5. The van der Waals surface area contributed by atoms with E-state index in [0.29, 0.717) is 11.5 Å². The van der Waals surface area contributed by atoms with Crippen molar-refractivity contribution >= 4 is 22.6 Å². The van der Waals surface area contributed by atoms with Gasteiger partial charge in [-0.25, -0.2) is 4.79 Å². The van der Waals surface area contributed by atoms with Crippen LogP contribution in [0.3, 0.4) is 0 Å². The zero-order valence-electron chi connectivity index (χ0n) is 21.6. The van der Waals surface area contributed by atoms with Crippen LogP contribution in [0.2, 0.25) is 0 Å². The molecule has 0 saturated heterocycles. The first-order chi connectivity index (χ1) is 18.4. The van der Waals surface area contributed by atoms with Crippen LogP contribution < -0.4 is 14.8 Å². The van der Waals surface area contributed by atoms with Gasteiger partial charge >= 0.3 is 5.97 Å². The van der Waals surface area contributed by atoms with Gasteiger partial charge in [-0.1, -0.05) is 66.7 Å². The molecule has 0 spiro atoms. The number of fused-ring (bicyclic) bond motifs is 3. The Hall–Kier alpha value is -4.58. The molecule has 192 valence electrons. The molecular formula is C32H29NO5. The molecule has 1 amide bonds.